The lowest BCUT2D eigenvalue weighted by Gasteiger charge is -2.23. The van der Waals surface area contributed by atoms with Gasteiger partial charge in [-0.3, -0.25) is 0 Å². The van der Waals surface area contributed by atoms with E-state index in [9.17, 15) is 4.79 Å². The molecule has 0 heterocycles. The molecule has 0 aromatic carbocycles. The summed E-state index contributed by atoms with van der Waals surface area (Å²) < 4.78 is 5.33. The molecule has 2 aliphatic carbocycles. The number of rotatable bonds is 8. The molecule has 0 saturated heterocycles. The third-order valence-electron chi connectivity index (χ3n) is 5.33. The molecule has 0 spiro atoms. The van der Waals surface area contributed by atoms with E-state index in [1.54, 1.807) is 0 Å². The highest BCUT2D eigenvalue weighted by Gasteiger charge is 2.26. The Morgan fingerprint density at radius 3 is 2.45 bits per heavy atom. The largest absolute Gasteiger partial charge is 0.462 e. The third-order valence-corrected chi connectivity index (χ3v) is 5.33. The van der Waals surface area contributed by atoms with E-state index in [1.807, 2.05) is 0 Å². The fraction of sp³-hybridized carbons (Fsp3) is 0.833. The van der Waals surface area contributed by atoms with Crippen molar-refractivity contribution in [3.63, 3.8) is 0 Å². The second kappa shape index (κ2) is 8.49. The molecule has 0 amide bonds. The summed E-state index contributed by atoms with van der Waals surface area (Å²) in [4.78, 5) is 11.3. The highest BCUT2D eigenvalue weighted by atomic mass is 16.5. The second-order valence-electron chi connectivity index (χ2n) is 6.72. The number of carbonyl (C=O) groups excluding carboxylic acids is 1. The average molecular weight is 278 g/mol. The number of hydrogen-bond donors (Lipinski definition) is 0. The van der Waals surface area contributed by atoms with Gasteiger partial charge in [0.1, 0.15) is 0 Å². The van der Waals surface area contributed by atoms with Crippen LogP contribution in [-0.4, -0.2) is 12.6 Å². The molecule has 1 atom stereocenters. The third kappa shape index (κ3) is 4.96. The van der Waals surface area contributed by atoms with E-state index in [2.05, 4.69) is 6.58 Å². The van der Waals surface area contributed by atoms with Gasteiger partial charge in [-0.05, 0) is 24.2 Å². The van der Waals surface area contributed by atoms with Gasteiger partial charge in [-0.15, -0.1) is 0 Å². The lowest BCUT2D eigenvalue weighted by molar-refractivity contribution is -0.139. The maximum Gasteiger partial charge on any atom is 0.330 e. The van der Waals surface area contributed by atoms with Crippen LogP contribution in [0.1, 0.15) is 70.6 Å². The van der Waals surface area contributed by atoms with E-state index in [1.165, 1.54) is 76.7 Å². The van der Waals surface area contributed by atoms with Gasteiger partial charge >= 0.3 is 5.97 Å². The molecular formula is C18H30O2. The van der Waals surface area contributed by atoms with Gasteiger partial charge in [0.25, 0.3) is 0 Å². The molecule has 2 aliphatic rings. The van der Waals surface area contributed by atoms with Crippen molar-refractivity contribution in [3.8, 4) is 0 Å². The van der Waals surface area contributed by atoms with E-state index < -0.39 is 0 Å². The molecular weight excluding hydrogens is 248 g/mol. The fourth-order valence-corrected chi connectivity index (χ4v) is 4.10. The number of hydrogen-bond acceptors (Lipinski definition) is 2. The Morgan fingerprint density at radius 2 is 1.80 bits per heavy atom. The van der Waals surface area contributed by atoms with Crippen molar-refractivity contribution in [2.75, 3.05) is 6.61 Å². The van der Waals surface area contributed by atoms with E-state index in [0.29, 0.717) is 12.5 Å². The summed E-state index contributed by atoms with van der Waals surface area (Å²) in [6, 6.07) is 0. The second-order valence-corrected chi connectivity index (χ2v) is 6.72. The van der Waals surface area contributed by atoms with Crippen LogP contribution >= 0.6 is 0 Å². The minimum atomic E-state index is -0.260. The Labute approximate surface area is 124 Å². The van der Waals surface area contributed by atoms with E-state index in [4.69, 9.17) is 4.74 Å². The standard InChI is InChI=1S/C18H30O2/c1-2-18(19)20-14-17(16-11-5-6-12-16)13-7-10-15-8-3-4-9-15/h2,15-17H,1,3-14H2. The van der Waals surface area contributed by atoms with Crippen LogP contribution in [0, 0.1) is 17.8 Å². The highest BCUT2D eigenvalue weighted by molar-refractivity contribution is 5.81. The molecule has 114 valence electrons. The summed E-state index contributed by atoms with van der Waals surface area (Å²) >= 11 is 0. The first-order chi connectivity index (χ1) is 9.79. The monoisotopic (exact) mass is 278 g/mol. The quantitative estimate of drug-likeness (QED) is 0.467. The van der Waals surface area contributed by atoms with Crippen molar-refractivity contribution >= 4 is 5.97 Å². The maximum absolute atomic E-state index is 11.3. The van der Waals surface area contributed by atoms with Crippen LogP contribution in [0.3, 0.4) is 0 Å². The summed E-state index contributed by atoms with van der Waals surface area (Å²) in [5.74, 6) is 2.10. The smallest absolute Gasteiger partial charge is 0.330 e. The van der Waals surface area contributed by atoms with Gasteiger partial charge < -0.3 is 4.74 Å². The highest BCUT2D eigenvalue weighted by Crippen LogP contribution is 2.36. The van der Waals surface area contributed by atoms with E-state index >= 15 is 0 Å². The van der Waals surface area contributed by atoms with Crippen LogP contribution in [0.5, 0.6) is 0 Å². The molecule has 20 heavy (non-hydrogen) atoms. The van der Waals surface area contributed by atoms with Crippen molar-refractivity contribution in [3.05, 3.63) is 12.7 Å². The molecule has 0 aromatic heterocycles. The first kappa shape index (κ1) is 15.6. The molecule has 2 saturated carbocycles. The van der Waals surface area contributed by atoms with Crippen molar-refractivity contribution in [2.24, 2.45) is 17.8 Å². The lowest BCUT2D eigenvalue weighted by atomic mass is 9.86. The molecule has 0 radical (unpaired) electrons. The summed E-state index contributed by atoms with van der Waals surface area (Å²) in [6.07, 6.45) is 16.4. The summed E-state index contributed by atoms with van der Waals surface area (Å²) in [6.45, 7) is 4.09. The van der Waals surface area contributed by atoms with Crippen molar-refractivity contribution < 1.29 is 9.53 Å². The molecule has 1 unspecified atom stereocenters. The van der Waals surface area contributed by atoms with Crippen molar-refractivity contribution in [1.82, 2.24) is 0 Å². The molecule has 2 heteroatoms. The van der Waals surface area contributed by atoms with Crippen molar-refractivity contribution in [1.29, 1.82) is 0 Å². The van der Waals surface area contributed by atoms with Gasteiger partial charge in [-0.2, -0.15) is 0 Å². The van der Waals surface area contributed by atoms with Gasteiger partial charge in [0.2, 0.25) is 0 Å². The molecule has 0 bridgehead atoms. The van der Waals surface area contributed by atoms with Gasteiger partial charge in [0, 0.05) is 6.08 Å². The van der Waals surface area contributed by atoms with Crippen LogP contribution in [-0.2, 0) is 9.53 Å². The van der Waals surface area contributed by atoms with Crippen LogP contribution in [0.4, 0.5) is 0 Å². The Balaban J connectivity index is 1.72. The van der Waals surface area contributed by atoms with Crippen LogP contribution in [0.15, 0.2) is 12.7 Å². The normalized spacial score (nSPS) is 22.0. The lowest BCUT2D eigenvalue weighted by Crippen LogP contribution is -2.20. The zero-order chi connectivity index (χ0) is 14.2. The number of esters is 1. The van der Waals surface area contributed by atoms with Gasteiger partial charge in [-0.25, -0.2) is 4.79 Å². The van der Waals surface area contributed by atoms with Crippen LogP contribution in [0.25, 0.3) is 0 Å². The molecule has 2 fully saturated rings. The molecule has 2 rings (SSSR count). The first-order valence-corrected chi connectivity index (χ1v) is 8.58. The molecule has 2 nitrogen and oxygen atoms in total. The topological polar surface area (TPSA) is 26.3 Å². The summed E-state index contributed by atoms with van der Waals surface area (Å²) in [7, 11) is 0. The maximum atomic E-state index is 11.3. The first-order valence-electron chi connectivity index (χ1n) is 8.58. The zero-order valence-electron chi connectivity index (χ0n) is 12.8. The number of carbonyl (C=O) groups is 1. The predicted molar refractivity (Wildman–Crippen MR) is 82.4 cm³/mol. The molecule has 0 aliphatic heterocycles. The molecule has 0 N–H and O–H groups in total. The zero-order valence-corrected chi connectivity index (χ0v) is 12.8. The minimum Gasteiger partial charge on any atom is -0.462 e. The SMILES string of the molecule is C=CC(=O)OCC(CCCC1CCCC1)C1CCCC1. The Morgan fingerprint density at radius 1 is 1.15 bits per heavy atom. The van der Waals surface area contributed by atoms with E-state index in [-0.39, 0.29) is 5.97 Å². The van der Waals surface area contributed by atoms with Crippen LogP contribution < -0.4 is 0 Å². The van der Waals surface area contributed by atoms with Gasteiger partial charge in [-0.1, -0.05) is 70.8 Å². The fourth-order valence-electron chi connectivity index (χ4n) is 4.10. The summed E-state index contributed by atoms with van der Waals surface area (Å²) in [5, 5.41) is 0. The Kier molecular flexibility index (Phi) is 6.62. The average Bonchev–Trinajstić information content (AvgIpc) is 3.14. The number of ether oxygens (including phenoxy) is 1. The predicted octanol–water partition coefficient (Wildman–Crippen LogP) is 4.88. The minimum absolute atomic E-state index is 0.260. The van der Waals surface area contributed by atoms with Gasteiger partial charge in [0.05, 0.1) is 6.61 Å². The Bertz CT molecular complexity index is 299. The molecule has 0 aromatic rings. The van der Waals surface area contributed by atoms with Crippen molar-refractivity contribution in [2.45, 2.75) is 70.6 Å². The van der Waals surface area contributed by atoms with Gasteiger partial charge in [0.15, 0.2) is 0 Å². The summed E-state index contributed by atoms with van der Waals surface area (Å²) in [5.41, 5.74) is 0. The van der Waals surface area contributed by atoms with E-state index in [0.717, 1.165) is 11.8 Å². The Hall–Kier alpha value is -0.790. The van der Waals surface area contributed by atoms with Crippen LogP contribution in [0.2, 0.25) is 0 Å².